The van der Waals surface area contributed by atoms with Crippen LogP contribution in [0.1, 0.15) is 47.1 Å². The summed E-state index contributed by atoms with van der Waals surface area (Å²) in [5.74, 6) is -1.99. The first-order valence-electron chi connectivity index (χ1n) is 9.01. The van der Waals surface area contributed by atoms with Gasteiger partial charge in [0.2, 0.25) is 17.8 Å². The highest BCUT2D eigenvalue weighted by Crippen LogP contribution is 2.13. The number of rotatable bonds is 6. The van der Waals surface area contributed by atoms with E-state index >= 15 is 0 Å². The van der Waals surface area contributed by atoms with E-state index in [1.807, 2.05) is 0 Å². The van der Waals surface area contributed by atoms with Crippen molar-refractivity contribution in [2.75, 3.05) is 10.6 Å². The number of carbonyl (C=O) groups excluding carboxylic acids is 4. The first-order valence-corrected chi connectivity index (χ1v) is 9.01. The summed E-state index contributed by atoms with van der Waals surface area (Å²) in [6.07, 6.45) is 0. The highest BCUT2D eigenvalue weighted by atomic mass is 16.2. The quantitative estimate of drug-likeness (QED) is 0.472. The molecule has 0 fully saturated rings. The Morgan fingerprint density at radius 1 is 0.677 bits per heavy atom. The Hall–Kier alpha value is -4.60. The van der Waals surface area contributed by atoms with Crippen molar-refractivity contribution in [2.24, 2.45) is 11.5 Å². The van der Waals surface area contributed by atoms with Crippen molar-refractivity contribution in [3.05, 3.63) is 82.5 Å². The van der Waals surface area contributed by atoms with Crippen LogP contribution in [0.3, 0.4) is 0 Å². The molecule has 10 heteroatoms. The zero-order chi connectivity index (χ0) is 22.5. The summed E-state index contributed by atoms with van der Waals surface area (Å²) in [6.45, 7) is 1.68. The molecule has 0 atom stereocenters. The van der Waals surface area contributed by atoms with E-state index in [1.54, 1.807) is 6.92 Å². The van der Waals surface area contributed by atoms with Crippen LogP contribution >= 0.6 is 0 Å². The maximum Gasteiger partial charge on any atom is 0.258 e. The Kier molecular flexibility index (Phi) is 6.01. The fourth-order valence-corrected chi connectivity index (χ4v) is 2.62. The van der Waals surface area contributed by atoms with Gasteiger partial charge in [0.1, 0.15) is 5.82 Å². The summed E-state index contributed by atoms with van der Waals surface area (Å²) in [4.78, 5) is 55.4. The minimum atomic E-state index is -0.598. The second kappa shape index (κ2) is 8.82. The van der Waals surface area contributed by atoms with Crippen molar-refractivity contribution in [3.63, 3.8) is 0 Å². The monoisotopic (exact) mass is 418 g/mol. The van der Waals surface area contributed by atoms with Gasteiger partial charge in [0.25, 0.3) is 11.8 Å². The second-order valence-corrected chi connectivity index (χ2v) is 6.51. The molecule has 2 aromatic carbocycles. The molecule has 3 rings (SSSR count). The van der Waals surface area contributed by atoms with Crippen LogP contribution in [0.25, 0.3) is 0 Å². The number of primary amides is 2. The fourth-order valence-electron chi connectivity index (χ4n) is 2.62. The summed E-state index contributed by atoms with van der Waals surface area (Å²) in [6, 6.07) is 13.1. The van der Waals surface area contributed by atoms with E-state index in [0.29, 0.717) is 11.3 Å². The van der Waals surface area contributed by atoms with Gasteiger partial charge >= 0.3 is 0 Å². The van der Waals surface area contributed by atoms with Crippen LogP contribution in [0.4, 0.5) is 11.8 Å². The highest BCUT2D eigenvalue weighted by Gasteiger charge is 2.13. The van der Waals surface area contributed by atoms with E-state index in [-0.39, 0.29) is 28.5 Å². The van der Waals surface area contributed by atoms with Crippen LogP contribution in [0.2, 0.25) is 0 Å². The number of nitrogens with zero attached hydrogens (tertiary/aromatic N) is 2. The number of anilines is 2. The minimum absolute atomic E-state index is 0.0108. The van der Waals surface area contributed by atoms with Crippen molar-refractivity contribution in [3.8, 4) is 0 Å². The van der Waals surface area contributed by atoms with E-state index in [4.69, 9.17) is 11.5 Å². The van der Waals surface area contributed by atoms with E-state index < -0.39 is 23.6 Å². The average Bonchev–Trinajstić information content (AvgIpc) is 2.73. The summed E-state index contributed by atoms with van der Waals surface area (Å²) >= 11 is 0. The van der Waals surface area contributed by atoms with Gasteiger partial charge in [-0.25, -0.2) is 4.98 Å². The molecule has 0 aliphatic heterocycles. The lowest BCUT2D eigenvalue weighted by Gasteiger charge is -2.09. The Balaban J connectivity index is 1.73. The number of aromatic nitrogens is 2. The van der Waals surface area contributed by atoms with Gasteiger partial charge in [-0.15, -0.1) is 0 Å². The molecule has 0 saturated carbocycles. The van der Waals surface area contributed by atoms with Crippen LogP contribution in [0.5, 0.6) is 0 Å². The van der Waals surface area contributed by atoms with Crippen molar-refractivity contribution >= 4 is 35.4 Å². The van der Waals surface area contributed by atoms with Crippen LogP contribution in [-0.2, 0) is 0 Å². The molecule has 0 spiro atoms. The molecule has 0 bridgehead atoms. The normalized spacial score (nSPS) is 10.2. The number of carbonyl (C=O) groups is 4. The van der Waals surface area contributed by atoms with Gasteiger partial charge in [-0.2, -0.15) is 4.98 Å². The van der Waals surface area contributed by atoms with Gasteiger partial charge < -0.3 is 16.8 Å². The number of hydrogen-bond donors (Lipinski definition) is 4. The van der Waals surface area contributed by atoms with Crippen LogP contribution in [0.15, 0.2) is 54.6 Å². The molecule has 4 amide bonds. The van der Waals surface area contributed by atoms with Gasteiger partial charge in [0.15, 0.2) is 0 Å². The molecule has 1 aromatic heterocycles. The van der Waals surface area contributed by atoms with Crippen molar-refractivity contribution in [1.29, 1.82) is 0 Å². The van der Waals surface area contributed by atoms with Gasteiger partial charge in [0, 0.05) is 34.0 Å². The van der Waals surface area contributed by atoms with E-state index in [2.05, 4.69) is 20.6 Å². The zero-order valence-electron chi connectivity index (χ0n) is 16.4. The third-order valence-electron chi connectivity index (χ3n) is 4.18. The Morgan fingerprint density at radius 3 is 1.55 bits per heavy atom. The SMILES string of the molecule is Cc1cc(NC(=O)c2ccc(C(N)=O)cc2)nc(NC(=O)c2ccc(C(N)=O)cc2)n1. The molecule has 0 unspecified atom stereocenters. The van der Waals surface area contributed by atoms with Crippen LogP contribution < -0.4 is 22.1 Å². The molecule has 31 heavy (non-hydrogen) atoms. The van der Waals surface area contributed by atoms with Gasteiger partial charge in [-0.3, -0.25) is 24.5 Å². The number of nitrogens with two attached hydrogens (primary N) is 2. The van der Waals surface area contributed by atoms with Crippen molar-refractivity contribution < 1.29 is 19.2 Å². The molecule has 0 aliphatic carbocycles. The summed E-state index contributed by atoms with van der Waals surface area (Å²) in [7, 11) is 0. The average molecular weight is 418 g/mol. The highest BCUT2D eigenvalue weighted by molar-refractivity contribution is 6.06. The molecular weight excluding hydrogens is 400 g/mol. The largest absolute Gasteiger partial charge is 0.366 e. The Bertz CT molecular complexity index is 1080. The predicted octanol–water partition coefficient (Wildman–Crippen LogP) is 1.49. The van der Waals surface area contributed by atoms with Crippen LogP contribution in [0, 0.1) is 6.92 Å². The third-order valence-corrected chi connectivity index (χ3v) is 4.18. The third kappa shape index (κ3) is 5.26. The summed E-state index contributed by atoms with van der Waals surface area (Å²) in [5.41, 5.74) is 12.0. The topological polar surface area (TPSA) is 170 Å². The van der Waals surface area contributed by atoms with Crippen molar-refractivity contribution in [1.82, 2.24) is 9.97 Å². The van der Waals surface area contributed by atoms with Gasteiger partial charge in [0.05, 0.1) is 0 Å². The Labute approximate surface area is 176 Å². The molecule has 0 aliphatic rings. The summed E-state index contributed by atoms with van der Waals surface area (Å²) in [5, 5.41) is 5.15. The first-order chi connectivity index (χ1) is 14.7. The van der Waals surface area contributed by atoms with E-state index in [0.717, 1.165) is 0 Å². The zero-order valence-corrected chi connectivity index (χ0v) is 16.4. The molecule has 156 valence electrons. The molecule has 6 N–H and O–H groups in total. The predicted molar refractivity (Wildman–Crippen MR) is 113 cm³/mol. The molecular formula is C21H18N6O4. The molecule has 0 radical (unpaired) electrons. The number of aryl methyl sites for hydroxylation is 1. The molecule has 10 nitrogen and oxygen atoms in total. The van der Waals surface area contributed by atoms with Crippen molar-refractivity contribution in [2.45, 2.75) is 6.92 Å². The maximum absolute atomic E-state index is 12.4. The molecule has 3 aromatic rings. The van der Waals surface area contributed by atoms with E-state index in [9.17, 15) is 19.2 Å². The lowest BCUT2D eigenvalue weighted by Crippen LogP contribution is -2.18. The maximum atomic E-state index is 12.4. The fraction of sp³-hybridized carbons (Fsp3) is 0.0476. The number of benzene rings is 2. The van der Waals surface area contributed by atoms with Crippen LogP contribution in [-0.4, -0.2) is 33.6 Å². The van der Waals surface area contributed by atoms with Gasteiger partial charge in [-0.1, -0.05) is 0 Å². The minimum Gasteiger partial charge on any atom is -0.366 e. The first kappa shape index (κ1) is 21.1. The number of hydrogen-bond acceptors (Lipinski definition) is 6. The lowest BCUT2D eigenvalue weighted by atomic mass is 10.1. The second-order valence-electron chi connectivity index (χ2n) is 6.51. The number of amides is 4. The van der Waals surface area contributed by atoms with Gasteiger partial charge in [-0.05, 0) is 55.5 Å². The molecule has 0 saturated heterocycles. The Morgan fingerprint density at radius 2 is 1.10 bits per heavy atom. The number of nitrogens with one attached hydrogen (secondary N) is 2. The lowest BCUT2D eigenvalue weighted by molar-refractivity contribution is 0.0991. The summed E-state index contributed by atoms with van der Waals surface area (Å²) < 4.78 is 0. The smallest absolute Gasteiger partial charge is 0.258 e. The standard InChI is InChI=1S/C21H18N6O4/c1-11-10-16(25-19(30)14-6-2-12(3-7-14)17(22)28)26-21(24-11)27-20(31)15-8-4-13(5-9-15)18(23)29/h2-10H,1H3,(H2,22,28)(H2,23,29)(H2,24,25,26,27,30,31). The molecule has 1 heterocycles. The van der Waals surface area contributed by atoms with E-state index in [1.165, 1.54) is 54.6 Å².